The maximum atomic E-state index is 11.2. The molecule has 0 unspecified atom stereocenters. The number of nitrogens with zero attached hydrogens (tertiary/aromatic N) is 1. The molecule has 4 nitrogen and oxygen atoms in total. The maximum Gasteiger partial charge on any atom is 0.211 e. The van der Waals surface area contributed by atoms with E-state index in [2.05, 4.69) is 0 Å². The lowest BCUT2D eigenvalue weighted by atomic mass is 9.69. The number of ketones is 1. The lowest BCUT2D eigenvalue weighted by Crippen LogP contribution is -2.59. The summed E-state index contributed by atoms with van der Waals surface area (Å²) in [5.74, 6) is 0.327. The summed E-state index contributed by atoms with van der Waals surface area (Å²) in [6.07, 6.45) is 4.26. The van der Waals surface area contributed by atoms with Gasteiger partial charge in [-0.3, -0.25) is 4.79 Å². The van der Waals surface area contributed by atoms with Crippen LogP contribution in [0.15, 0.2) is 0 Å². The number of carbonyl (C=O) groups is 1. The number of hydrogen-bond donors (Lipinski definition) is 0. The molecule has 2 fully saturated rings. The van der Waals surface area contributed by atoms with E-state index in [9.17, 15) is 13.2 Å². The Kier molecular flexibility index (Phi) is 2.19. The van der Waals surface area contributed by atoms with Crippen LogP contribution in [0, 0.1) is 5.41 Å². The van der Waals surface area contributed by atoms with Crippen molar-refractivity contribution in [3.05, 3.63) is 0 Å². The number of sulfonamides is 1. The fourth-order valence-electron chi connectivity index (χ4n) is 2.31. The number of hydrogen-bond acceptors (Lipinski definition) is 3. The molecule has 0 aromatic carbocycles. The number of rotatable bonds is 1. The number of Topliss-reactive ketones (excluding diaryl/α,β-unsaturated/α-hetero) is 1. The van der Waals surface area contributed by atoms with E-state index in [1.54, 1.807) is 0 Å². The highest BCUT2D eigenvalue weighted by molar-refractivity contribution is 7.88. The SMILES string of the molecule is CS(=O)(=O)N1CC2(CCC(=O)CC2)C1. The van der Waals surface area contributed by atoms with Gasteiger partial charge in [-0.2, -0.15) is 0 Å². The van der Waals surface area contributed by atoms with Gasteiger partial charge < -0.3 is 0 Å². The van der Waals surface area contributed by atoms with Crippen LogP contribution < -0.4 is 0 Å². The smallest absolute Gasteiger partial charge is 0.211 e. The van der Waals surface area contributed by atoms with Crippen LogP contribution in [0.4, 0.5) is 0 Å². The zero-order valence-corrected chi connectivity index (χ0v) is 9.14. The molecule has 0 atom stereocenters. The van der Waals surface area contributed by atoms with E-state index in [-0.39, 0.29) is 5.41 Å². The molecule has 2 aliphatic rings. The Hall–Kier alpha value is -0.420. The standard InChI is InChI=1S/C9H15NO3S/c1-14(12,13)10-6-9(7-10)4-2-8(11)3-5-9/h2-7H2,1H3. The van der Waals surface area contributed by atoms with Gasteiger partial charge in [0.15, 0.2) is 0 Å². The molecule has 0 amide bonds. The van der Waals surface area contributed by atoms with Gasteiger partial charge in [0, 0.05) is 25.9 Å². The molecule has 0 aromatic heterocycles. The lowest BCUT2D eigenvalue weighted by molar-refractivity contribution is -0.124. The van der Waals surface area contributed by atoms with Crippen LogP contribution in [-0.2, 0) is 14.8 Å². The van der Waals surface area contributed by atoms with Gasteiger partial charge in [-0.25, -0.2) is 12.7 Å². The Morgan fingerprint density at radius 1 is 1.21 bits per heavy atom. The molecule has 1 saturated carbocycles. The van der Waals surface area contributed by atoms with Crippen molar-refractivity contribution in [2.45, 2.75) is 25.7 Å². The Morgan fingerprint density at radius 2 is 1.71 bits per heavy atom. The molecule has 0 N–H and O–H groups in total. The fraction of sp³-hybridized carbons (Fsp3) is 0.889. The maximum absolute atomic E-state index is 11.2. The van der Waals surface area contributed by atoms with Crippen molar-refractivity contribution in [2.24, 2.45) is 5.41 Å². The molecule has 80 valence electrons. The van der Waals surface area contributed by atoms with E-state index in [1.165, 1.54) is 10.6 Å². The van der Waals surface area contributed by atoms with E-state index in [0.29, 0.717) is 31.7 Å². The minimum atomic E-state index is -3.01. The van der Waals surface area contributed by atoms with Crippen LogP contribution in [0.5, 0.6) is 0 Å². The molecule has 1 aliphatic carbocycles. The minimum absolute atomic E-state index is 0.136. The highest BCUT2D eigenvalue weighted by Gasteiger charge is 2.47. The van der Waals surface area contributed by atoms with Gasteiger partial charge in [-0.15, -0.1) is 0 Å². The van der Waals surface area contributed by atoms with Crippen LogP contribution in [0.25, 0.3) is 0 Å². The molecule has 1 spiro atoms. The van der Waals surface area contributed by atoms with Crippen LogP contribution >= 0.6 is 0 Å². The highest BCUT2D eigenvalue weighted by atomic mass is 32.2. The lowest BCUT2D eigenvalue weighted by Gasteiger charge is -2.50. The van der Waals surface area contributed by atoms with E-state index >= 15 is 0 Å². The molecule has 1 heterocycles. The Morgan fingerprint density at radius 3 is 2.14 bits per heavy atom. The summed E-state index contributed by atoms with van der Waals surface area (Å²) >= 11 is 0. The molecule has 0 radical (unpaired) electrons. The molecule has 5 heteroatoms. The van der Waals surface area contributed by atoms with Crippen LogP contribution in [0.1, 0.15) is 25.7 Å². The molecule has 1 saturated heterocycles. The van der Waals surface area contributed by atoms with Gasteiger partial charge >= 0.3 is 0 Å². The highest BCUT2D eigenvalue weighted by Crippen LogP contribution is 2.43. The topological polar surface area (TPSA) is 54.5 Å². The van der Waals surface area contributed by atoms with Crippen LogP contribution in [0.2, 0.25) is 0 Å². The predicted octanol–water partition coefficient (Wildman–Crippen LogP) is 0.391. The molecule has 0 aromatic rings. The summed E-state index contributed by atoms with van der Waals surface area (Å²) in [6.45, 7) is 1.25. The van der Waals surface area contributed by atoms with Gasteiger partial charge in [-0.1, -0.05) is 0 Å². The van der Waals surface area contributed by atoms with Gasteiger partial charge in [0.25, 0.3) is 0 Å². The monoisotopic (exact) mass is 217 g/mol. The molecular weight excluding hydrogens is 202 g/mol. The summed E-state index contributed by atoms with van der Waals surface area (Å²) in [6, 6.07) is 0. The third-order valence-corrected chi connectivity index (χ3v) is 4.56. The van der Waals surface area contributed by atoms with Crippen molar-refractivity contribution in [3.8, 4) is 0 Å². The quantitative estimate of drug-likeness (QED) is 0.638. The van der Waals surface area contributed by atoms with Crippen molar-refractivity contribution >= 4 is 15.8 Å². The summed E-state index contributed by atoms with van der Waals surface area (Å²) in [4.78, 5) is 11.0. The summed E-state index contributed by atoms with van der Waals surface area (Å²) in [5, 5.41) is 0. The largest absolute Gasteiger partial charge is 0.300 e. The first-order valence-corrected chi connectivity index (χ1v) is 6.73. The first-order valence-electron chi connectivity index (χ1n) is 4.88. The van der Waals surface area contributed by atoms with Crippen molar-refractivity contribution in [1.82, 2.24) is 4.31 Å². The second-order valence-corrected chi connectivity index (χ2v) is 6.55. The van der Waals surface area contributed by atoms with E-state index in [1.807, 2.05) is 0 Å². The van der Waals surface area contributed by atoms with Crippen molar-refractivity contribution in [2.75, 3.05) is 19.3 Å². The first-order chi connectivity index (χ1) is 6.41. The van der Waals surface area contributed by atoms with E-state index < -0.39 is 10.0 Å². The van der Waals surface area contributed by atoms with E-state index in [0.717, 1.165) is 12.8 Å². The summed E-state index contributed by atoms with van der Waals surface area (Å²) in [5.41, 5.74) is 0.136. The van der Waals surface area contributed by atoms with Gasteiger partial charge in [0.1, 0.15) is 5.78 Å². The number of carbonyl (C=O) groups excluding carboxylic acids is 1. The molecular formula is C9H15NO3S. The van der Waals surface area contributed by atoms with Gasteiger partial charge in [0.2, 0.25) is 10.0 Å². The van der Waals surface area contributed by atoms with Crippen molar-refractivity contribution < 1.29 is 13.2 Å². The fourth-order valence-corrected chi connectivity index (χ4v) is 3.33. The average molecular weight is 217 g/mol. The predicted molar refractivity (Wildman–Crippen MR) is 52.3 cm³/mol. The van der Waals surface area contributed by atoms with Gasteiger partial charge in [0.05, 0.1) is 6.26 Å². The first kappa shape index (κ1) is 10.1. The Labute approximate surface area is 84.3 Å². The third kappa shape index (κ3) is 1.70. The minimum Gasteiger partial charge on any atom is -0.300 e. The summed E-state index contributed by atoms with van der Waals surface area (Å²) < 4.78 is 23.8. The Balaban J connectivity index is 1.96. The Bertz CT molecular complexity index is 342. The molecule has 1 aliphatic heterocycles. The zero-order valence-electron chi connectivity index (χ0n) is 8.32. The average Bonchev–Trinajstić information content (AvgIpc) is 2.00. The normalized spacial score (nSPS) is 27.6. The summed E-state index contributed by atoms with van der Waals surface area (Å²) in [7, 11) is -3.01. The van der Waals surface area contributed by atoms with Crippen LogP contribution in [-0.4, -0.2) is 37.9 Å². The second kappa shape index (κ2) is 3.03. The molecule has 14 heavy (non-hydrogen) atoms. The van der Waals surface area contributed by atoms with Crippen molar-refractivity contribution in [1.29, 1.82) is 0 Å². The zero-order chi connectivity index (χ0) is 10.4. The van der Waals surface area contributed by atoms with Crippen LogP contribution in [0.3, 0.4) is 0 Å². The van der Waals surface area contributed by atoms with E-state index in [4.69, 9.17) is 0 Å². The molecule has 0 bridgehead atoms. The van der Waals surface area contributed by atoms with Crippen molar-refractivity contribution in [3.63, 3.8) is 0 Å². The third-order valence-electron chi connectivity index (χ3n) is 3.36. The second-order valence-electron chi connectivity index (χ2n) is 4.57. The molecule has 2 rings (SSSR count). The van der Waals surface area contributed by atoms with Gasteiger partial charge in [-0.05, 0) is 18.3 Å².